The number of nitrogens with zero attached hydrogens (tertiary/aromatic N) is 1. The van der Waals surface area contributed by atoms with Gasteiger partial charge in [0, 0.05) is 19.0 Å². The molecule has 0 spiro atoms. The first-order chi connectivity index (χ1) is 14.7. The van der Waals surface area contributed by atoms with Crippen LogP contribution in [0.1, 0.15) is 56.0 Å². The number of hydrogen-bond donors (Lipinski definition) is 1. The number of nitrogens with one attached hydrogen (secondary N) is 1. The van der Waals surface area contributed by atoms with E-state index in [-0.39, 0.29) is 36.5 Å². The van der Waals surface area contributed by atoms with Crippen LogP contribution in [0.5, 0.6) is 0 Å². The third-order valence-corrected chi connectivity index (χ3v) is 7.65. The fourth-order valence-corrected chi connectivity index (χ4v) is 5.53. The third-order valence-electron chi connectivity index (χ3n) is 5.87. The molecule has 1 amide bonds. The van der Waals surface area contributed by atoms with Crippen molar-refractivity contribution in [3.8, 4) is 0 Å². The van der Waals surface area contributed by atoms with Gasteiger partial charge in [-0.3, -0.25) is 4.79 Å². The Labute approximate surface area is 181 Å². The second kappa shape index (κ2) is 9.39. The molecule has 2 fully saturated rings. The summed E-state index contributed by atoms with van der Waals surface area (Å²) in [4.78, 5) is 36.7. The van der Waals surface area contributed by atoms with E-state index in [0.717, 1.165) is 12.8 Å². The molecule has 1 aliphatic heterocycles. The summed E-state index contributed by atoms with van der Waals surface area (Å²) in [6.45, 7) is 2.04. The highest BCUT2D eigenvalue weighted by Crippen LogP contribution is 2.32. The lowest BCUT2D eigenvalue weighted by Gasteiger charge is -2.33. The van der Waals surface area contributed by atoms with Gasteiger partial charge >= 0.3 is 11.9 Å². The maximum Gasteiger partial charge on any atom is 0.374 e. The van der Waals surface area contributed by atoms with E-state index in [0.29, 0.717) is 25.7 Å². The minimum Gasteiger partial charge on any atom is -0.467 e. The van der Waals surface area contributed by atoms with Gasteiger partial charge in [0.1, 0.15) is 5.54 Å². The summed E-state index contributed by atoms with van der Waals surface area (Å²) < 4.78 is 41.8. The van der Waals surface area contributed by atoms with Gasteiger partial charge in [-0.2, -0.15) is 4.31 Å². The molecule has 31 heavy (non-hydrogen) atoms. The Kier molecular flexibility index (Phi) is 7.05. The fourth-order valence-electron chi connectivity index (χ4n) is 4.15. The van der Waals surface area contributed by atoms with E-state index in [2.05, 4.69) is 5.32 Å². The first-order valence-corrected chi connectivity index (χ1v) is 11.8. The number of piperidine rings is 1. The fraction of sp³-hybridized carbons (Fsp3) is 0.650. The molecule has 2 heterocycles. The highest BCUT2D eigenvalue weighted by atomic mass is 32.2. The van der Waals surface area contributed by atoms with Crippen molar-refractivity contribution >= 4 is 27.9 Å². The number of carbonyl (C=O) groups excluding carboxylic acids is 3. The van der Waals surface area contributed by atoms with Crippen molar-refractivity contribution in [2.24, 2.45) is 5.92 Å². The van der Waals surface area contributed by atoms with E-state index in [4.69, 9.17) is 13.9 Å². The van der Waals surface area contributed by atoms with Crippen LogP contribution in [0.25, 0.3) is 0 Å². The Morgan fingerprint density at radius 2 is 1.84 bits per heavy atom. The number of sulfonamides is 1. The van der Waals surface area contributed by atoms with E-state index in [1.165, 1.54) is 23.5 Å². The maximum absolute atomic E-state index is 12.8. The minimum atomic E-state index is -3.94. The van der Waals surface area contributed by atoms with Gasteiger partial charge in [0.05, 0.1) is 13.7 Å². The number of esters is 2. The molecule has 1 aromatic heterocycles. The van der Waals surface area contributed by atoms with Crippen molar-refractivity contribution in [2.75, 3.05) is 26.8 Å². The molecule has 1 aliphatic carbocycles. The summed E-state index contributed by atoms with van der Waals surface area (Å²) in [5.74, 6) is -2.01. The molecular formula is C20H28N2O8S. The molecule has 1 N–H and O–H groups in total. The van der Waals surface area contributed by atoms with E-state index < -0.39 is 33.4 Å². The normalized spacial score (nSPS) is 19.7. The van der Waals surface area contributed by atoms with Crippen molar-refractivity contribution < 1.29 is 36.7 Å². The third kappa shape index (κ3) is 4.77. The second-order valence-corrected chi connectivity index (χ2v) is 9.66. The van der Waals surface area contributed by atoms with Gasteiger partial charge in [0.2, 0.25) is 16.8 Å². The zero-order chi connectivity index (χ0) is 22.6. The van der Waals surface area contributed by atoms with Crippen LogP contribution in [0.2, 0.25) is 0 Å². The van der Waals surface area contributed by atoms with Crippen molar-refractivity contribution in [2.45, 2.75) is 56.1 Å². The number of furan rings is 1. The summed E-state index contributed by atoms with van der Waals surface area (Å²) >= 11 is 0. The molecule has 1 aromatic rings. The van der Waals surface area contributed by atoms with E-state index in [1.54, 1.807) is 6.92 Å². The van der Waals surface area contributed by atoms with E-state index >= 15 is 0 Å². The SMILES string of the molecule is CCOC(=O)c1ccc(S(=O)(=O)N2CCC(C(=O)NC3(C(=O)OC)CCCC3)CC2)o1. The van der Waals surface area contributed by atoms with Gasteiger partial charge in [-0.05, 0) is 44.7 Å². The molecule has 0 bridgehead atoms. The molecule has 1 saturated carbocycles. The Morgan fingerprint density at radius 3 is 2.42 bits per heavy atom. The van der Waals surface area contributed by atoms with Crippen LogP contribution in [0, 0.1) is 5.92 Å². The van der Waals surface area contributed by atoms with Gasteiger partial charge < -0.3 is 19.2 Å². The second-order valence-electron chi connectivity index (χ2n) is 7.79. The smallest absolute Gasteiger partial charge is 0.374 e. The maximum atomic E-state index is 12.8. The van der Waals surface area contributed by atoms with Crippen LogP contribution in [-0.4, -0.2) is 62.9 Å². The predicted molar refractivity (Wildman–Crippen MR) is 108 cm³/mol. The van der Waals surface area contributed by atoms with Crippen LogP contribution in [0.4, 0.5) is 0 Å². The molecule has 0 unspecified atom stereocenters. The first kappa shape index (κ1) is 23.3. The molecule has 10 nitrogen and oxygen atoms in total. The van der Waals surface area contributed by atoms with Gasteiger partial charge in [-0.1, -0.05) is 12.8 Å². The molecular weight excluding hydrogens is 428 g/mol. The van der Waals surface area contributed by atoms with Crippen molar-refractivity contribution in [3.05, 3.63) is 17.9 Å². The number of carbonyl (C=O) groups is 3. The van der Waals surface area contributed by atoms with Crippen LogP contribution >= 0.6 is 0 Å². The Hall–Kier alpha value is -2.40. The summed E-state index contributed by atoms with van der Waals surface area (Å²) in [5.41, 5.74) is -0.979. The lowest BCUT2D eigenvalue weighted by molar-refractivity contribution is -0.151. The van der Waals surface area contributed by atoms with Crippen molar-refractivity contribution in [1.29, 1.82) is 0 Å². The van der Waals surface area contributed by atoms with Crippen LogP contribution in [-0.2, 0) is 29.1 Å². The first-order valence-electron chi connectivity index (χ1n) is 10.4. The molecule has 11 heteroatoms. The predicted octanol–water partition coefficient (Wildman–Crippen LogP) is 1.46. The van der Waals surface area contributed by atoms with Crippen LogP contribution in [0.15, 0.2) is 21.6 Å². The Morgan fingerprint density at radius 1 is 1.19 bits per heavy atom. The Bertz CT molecular complexity index is 925. The zero-order valence-electron chi connectivity index (χ0n) is 17.7. The lowest BCUT2D eigenvalue weighted by atomic mass is 9.92. The van der Waals surface area contributed by atoms with Crippen molar-refractivity contribution in [3.63, 3.8) is 0 Å². The van der Waals surface area contributed by atoms with Gasteiger partial charge in [0.25, 0.3) is 10.0 Å². The number of amides is 1. The van der Waals surface area contributed by atoms with Crippen LogP contribution < -0.4 is 5.32 Å². The van der Waals surface area contributed by atoms with E-state index in [9.17, 15) is 22.8 Å². The average Bonchev–Trinajstić information content (AvgIpc) is 3.44. The van der Waals surface area contributed by atoms with Gasteiger partial charge in [-0.15, -0.1) is 0 Å². The molecule has 172 valence electrons. The van der Waals surface area contributed by atoms with Crippen molar-refractivity contribution in [1.82, 2.24) is 9.62 Å². The quantitative estimate of drug-likeness (QED) is 0.610. The monoisotopic (exact) mass is 456 g/mol. The van der Waals surface area contributed by atoms with Gasteiger partial charge in [-0.25, -0.2) is 18.0 Å². The Balaban J connectivity index is 1.61. The zero-order valence-corrected chi connectivity index (χ0v) is 18.5. The molecule has 0 aromatic carbocycles. The summed E-state index contributed by atoms with van der Waals surface area (Å²) in [6.07, 6.45) is 3.38. The molecule has 2 aliphatic rings. The minimum absolute atomic E-state index is 0.126. The molecule has 1 saturated heterocycles. The molecule has 0 radical (unpaired) electrons. The highest BCUT2D eigenvalue weighted by molar-refractivity contribution is 7.89. The summed E-state index contributed by atoms with van der Waals surface area (Å²) in [6, 6.07) is 2.49. The molecule has 3 rings (SSSR count). The number of hydrogen-bond acceptors (Lipinski definition) is 8. The van der Waals surface area contributed by atoms with Gasteiger partial charge in [0.15, 0.2) is 0 Å². The van der Waals surface area contributed by atoms with Crippen LogP contribution in [0.3, 0.4) is 0 Å². The standard InChI is InChI=1S/C20H28N2O8S/c1-3-29-18(24)15-6-7-16(30-15)31(26,27)22-12-8-14(9-13-22)17(23)21-20(19(25)28-2)10-4-5-11-20/h6-7,14H,3-5,8-13H2,1-2H3,(H,21,23). The number of ether oxygens (including phenoxy) is 2. The van der Waals surface area contributed by atoms with E-state index in [1.807, 2.05) is 0 Å². The topological polar surface area (TPSA) is 132 Å². The number of methoxy groups -OCH3 is 1. The summed E-state index contributed by atoms with van der Waals surface area (Å²) in [7, 11) is -2.63. The number of rotatable bonds is 7. The highest BCUT2D eigenvalue weighted by Gasteiger charge is 2.45. The largest absolute Gasteiger partial charge is 0.467 e. The lowest BCUT2D eigenvalue weighted by Crippen LogP contribution is -2.55. The molecule has 0 atom stereocenters. The summed E-state index contributed by atoms with van der Waals surface area (Å²) in [5, 5.41) is 2.54. The average molecular weight is 457 g/mol.